The van der Waals surface area contributed by atoms with E-state index >= 15 is 0 Å². The Bertz CT molecular complexity index is 524. The summed E-state index contributed by atoms with van der Waals surface area (Å²) >= 11 is 0. The lowest BCUT2D eigenvalue weighted by Crippen LogP contribution is -2.27. The molecule has 0 fully saturated rings. The van der Waals surface area contributed by atoms with Gasteiger partial charge in [-0.1, -0.05) is 24.3 Å². The van der Waals surface area contributed by atoms with Crippen molar-refractivity contribution in [3.05, 3.63) is 53.7 Å². The number of rotatable bonds is 1. The smallest absolute Gasteiger partial charge is 0.146 e. The molecule has 1 aromatic carbocycles. The number of benzene rings is 1. The van der Waals surface area contributed by atoms with Crippen LogP contribution in [0.2, 0.25) is 0 Å². The molecule has 2 N–H and O–H groups in total. The Morgan fingerprint density at radius 3 is 2.22 bits per heavy atom. The molecule has 0 atom stereocenters. The first-order chi connectivity index (χ1) is 8.84. The highest BCUT2D eigenvalue weighted by molar-refractivity contribution is 5.63. The highest BCUT2D eigenvalue weighted by Crippen LogP contribution is 2.24. The average molecular weight is 239 g/mol. The van der Waals surface area contributed by atoms with Crippen LogP contribution in [-0.4, -0.2) is 18.1 Å². The molecular formula is C15H17N3. The van der Waals surface area contributed by atoms with E-state index in [1.165, 1.54) is 11.1 Å². The summed E-state index contributed by atoms with van der Waals surface area (Å²) in [4.78, 5) is 6.51. The summed E-state index contributed by atoms with van der Waals surface area (Å²) in [5, 5.41) is 0. The van der Waals surface area contributed by atoms with Crippen LogP contribution < -0.4 is 10.6 Å². The molecule has 0 aliphatic carbocycles. The molecule has 2 aromatic rings. The molecule has 0 radical (unpaired) electrons. The van der Waals surface area contributed by atoms with Gasteiger partial charge >= 0.3 is 0 Å². The van der Waals surface area contributed by atoms with Crippen molar-refractivity contribution in [1.29, 1.82) is 0 Å². The van der Waals surface area contributed by atoms with Crippen molar-refractivity contribution in [2.75, 3.05) is 23.7 Å². The van der Waals surface area contributed by atoms with Gasteiger partial charge in [0.25, 0.3) is 0 Å². The van der Waals surface area contributed by atoms with E-state index in [4.69, 9.17) is 5.73 Å². The Balaban J connectivity index is 1.85. The number of nitrogen functional groups attached to an aromatic ring is 1. The van der Waals surface area contributed by atoms with Crippen LogP contribution in [-0.2, 0) is 12.8 Å². The molecule has 1 aromatic heterocycles. The molecule has 3 rings (SSSR count). The number of aromatic nitrogens is 1. The van der Waals surface area contributed by atoms with Gasteiger partial charge in [-0.05, 0) is 36.1 Å². The van der Waals surface area contributed by atoms with Crippen molar-refractivity contribution >= 4 is 11.5 Å². The molecule has 3 heteroatoms. The number of nitrogens with two attached hydrogens (primary N) is 1. The van der Waals surface area contributed by atoms with Crippen molar-refractivity contribution in [2.45, 2.75) is 12.8 Å². The zero-order chi connectivity index (χ0) is 12.4. The summed E-state index contributed by atoms with van der Waals surface area (Å²) in [5.41, 5.74) is 9.94. The van der Waals surface area contributed by atoms with Crippen molar-refractivity contribution in [2.24, 2.45) is 0 Å². The normalized spacial score (nSPS) is 15.0. The summed E-state index contributed by atoms with van der Waals surface area (Å²) in [6.07, 6.45) is 3.89. The second-order valence-electron chi connectivity index (χ2n) is 4.66. The van der Waals surface area contributed by atoms with Crippen molar-refractivity contribution < 1.29 is 0 Å². The Morgan fingerprint density at radius 1 is 0.944 bits per heavy atom. The summed E-state index contributed by atoms with van der Waals surface area (Å²) in [6, 6.07) is 12.7. The number of nitrogens with zero attached hydrogens (tertiary/aromatic N) is 2. The molecule has 18 heavy (non-hydrogen) atoms. The highest BCUT2D eigenvalue weighted by atomic mass is 15.1. The maximum Gasteiger partial charge on any atom is 0.146 e. The monoisotopic (exact) mass is 239 g/mol. The lowest BCUT2D eigenvalue weighted by molar-refractivity contribution is 0.805. The zero-order valence-electron chi connectivity index (χ0n) is 10.3. The van der Waals surface area contributed by atoms with Crippen LogP contribution in [0.15, 0.2) is 42.6 Å². The lowest BCUT2D eigenvalue weighted by Gasteiger charge is -2.23. The van der Waals surface area contributed by atoms with Crippen LogP contribution in [0.5, 0.6) is 0 Å². The third-order valence-electron chi connectivity index (χ3n) is 3.58. The molecule has 0 amide bonds. The van der Waals surface area contributed by atoms with Crippen LogP contribution >= 0.6 is 0 Å². The number of anilines is 2. The Morgan fingerprint density at radius 2 is 1.61 bits per heavy atom. The van der Waals surface area contributed by atoms with E-state index in [0.717, 1.165) is 31.6 Å². The highest BCUT2D eigenvalue weighted by Gasteiger charge is 2.15. The van der Waals surface area contributed by atoms with E-state index in [1.54, 1.807) is 6.20 Å². The summed E-state index contributed by atoms with van der Waals surface area (Å²) < 4.78 is 0. The van der Waals surface area contributed by atoms with E-state index in [9.17, 15) is 0 Å². The quantitative estimate of drug-likeness (QED) is 0.830. The van der Waals surface area contributed by atoms with E-state index in [1.807, 2.05) is 6.07 Å². The van der Waals surface area contributed by atoms with Gasteiger partial charge < -0.3 is 10.6 Å². The molecule has 0 unspecified atom stereocenters. The minimum absolute atomic E-state index is 0.628. The van der Waals surface area contributed by atoms with Crippen LogP contribution in [0.1, 0.15) is 11.1 Å². The second kappa shape index (κ2) is 4.69. The second-order valence-corrected chi connectivity index (χ2v) is 4.66. The molecule has 1 aliphatic heterocycles. The SMILES string of the molecule is Nc1ncccc1N1CCc2ccccc2CC1. The molecule has 0 spiro atoms. The molecule has 0 bridgehead atoms. The van der Waals surface area contributed by atoms with Gasteiger partial charge in [-0.15, -0.1) is 0 Å². The van der Waals surface area contributed by atoms with Crippen LogP contribution in [0.25, 0.3) is 0 Å². The van der Waals surface area contributed by atoms with Crippen molar-refractivity contribution in [3.63, 3.8) is 0 Å². The van der Waals surface area contributed by atoms with Gasteiger partial charge in [0.1, 0.15) is 5.82 Å². The fourth-order valence-corrected chi connectivity index (χ4v) is 2.59. The molecule has 3 nitrogen and oxygen atoms in total. The Labute approximate surface area is 107 Å². The lowest BCUT2D eigenvalue weighted by atomic mass is 10.0. The van der Waals surface area contributed by atoms with E-state index in [2.05, 4.69) is 40.2 Å². The first kappa shape index (κ1) is 11.1. The zero-order valence-corrected chi connectivity index (χ0v) is 10.3. The van der Waals surface area contributed by atoms with E-state index in [-0.39, 0.29) is 0 Å². The predicted molar refractivity (Wildman–Crippen MR) is 74.7 cm³/mol. The fraction of sp³-hybridized carbons (Fsp3) is 0.267. The topological polar surface area (TPSA) is 42.1 Å². The number of hydrogen-bond acceptors (Lipinski definition) is 3. The Kier molecular flexibility index (Phi) is 2.89. The minimum atomic E-state index is 0.628. The fourth-order valence-electron chi connectivity index (χ4n) is 2.59. The average Bonchev–Trinajstić information content (AvgIpc) is 2.62. The van der Waals surface area contributed by atoms with Crippen molar-refractivity contribution in [3.8, 4) is 0 Å². The number of pyridine rings is 1. The van der Waals surface area contributed by atoms with E-state index < -0.39 is 0 Å². The third-order valence-corrected chi connectivity index (χ3v) is 3.58. The molecule has 2 heterocycles. The van der Waals surface area contributed by atoms with Crippen LogP contribution in [0.4, 0.5) is 11.5 Å². The van der Waals surface area contributed by atoms with Gasteiger partial charge in [-0.2, -0.15) is 0 Å². The minimum Gasteiger partial charge on any atom is -0.382 e. The molecule has 1 aliphatic rings. The van der Waals surface area contributed by atoms with Crippen molar-refractivity contribution in [1.82, 2.24) is 4.98 Å². The number of fused-ring (bicyclic) bond motifs is 1. The number of hydrogen-bond donors (Lipinski definition) is 1. The predicted octanol–water partition coefficient (Wildman–Crippen LogP) is 2.27. The largest absolute Gasteiger partial charge is 0.382 e. The standard InChI is InChI=1S/C15H17N3/c16-15-14(6-3-9-17-15)18-10-7-12-4-1-2-5-13(12)8-11-18/h1-6,9H,7-8,10-11H2,(H2,16,17). The first-order valence-corrected chi connectivity index (χ1v) is 6.37. The molecule has 0 saturated heterocycles. The molecule has 0 saturated carbocycles. The van der Waals surface area contributed by atoms with Gasteiger partial charge in [0.05, 0.1) is 5.69 Å². The molecule has 92 valence electrons. The Hall–Kier alpha value is -2.03. The first-order valence-electron chi connectivity index (χ1n) is 6.37. The van der Waals surface area contributed by atoms with Gasteiger partial charge in [0.15, 0.2) is 0 Å². The molecular weight excluding hydrogens is 222 g/mol. The maximum atomic E-state index is 5.95. The van der Waals surface area contributed by atoms with Gasteiger partial charge in [-0.3, -0.25) is 0 Å². The maximum absolute atomic E-state index is 5.95. The van der Waals surface area contributed by atoms with E-state index in [0.29, 0.717) is 5.82 Å². The summed E-state index contributed by atoms with van der Waals surface area (Å²) in [5.74, 6) is 0.628. The van der Waals surface area contributed by atoms with Gasteiger partial charge in [0.2, 0.25) is 0 Å². The summed E-state index contributed by atoms with van der Waals surface area (Å²) in [6.45, 7) is 2.01. The van der Waals surface area contributed by atoms with Crippen LogP contribution in [0, 0.1) is 0 Å². The summed E-state index contributed by atoms with van der Waals surface area (Å²) in [7, 11) is 0. The van der Waals surface area contributed by atoms with Gasteiger partial charge in [-0.25, -0.2) is 4.98 Å². The third kappa shape index (κ3) is 2.04. The van der Waals surface area contributed by atoms with Crippen LogP contribution in [0.3, 0.4) is 0 Å². The van der Waals surface area contributed by atoms with Gasteiger partial charge in [0, 0.05) is 19.3 Å².